The van der Waals surface area contributed by atoms with Crippen molar-refractivity contribution in [3.63, 3.8) is 0 Å². The van der Waals surface area contributed by atoms with Gasteiger partial charge in [-0.1, -0.05) is 23.2 Å². The van der Waals surface area contributed by atoms with Crippen LogP contribution in [-0.2, 0) is 4.74 Å². The van der Waals surface area contributed by atoms with Crippen molar-refractivity contribution >= 4 is 29.1 Å². The Bertz CT molecular complexity index is 770. The van der Waals surface area contributed by atoms with Gasteiger partial charge in [0.05, 0.1) is 17.3 Å². The van der Waals surface area contributed by atoms with E-state index in [2.05, 4.69) is 5.10 Å². The Morgan fingerprint density at radius 3 is 2.88 bits per heavy atom. The van der Waals surface area contributed by atoms with Crippen LogP contribution >= 0.6 is 23.2 Å². The van der Waals surface area contributed by atoms with Crippen LogP contribution in [0, 0.1) is 12.8 Å². The molecule has 1 aromatic carbocycles. The van der Waals surface area contributed by atoms with Crippen molar-refractivity contribution in [3.05, 3.63) is 45.7 Å². The lowest BCUT2D eigenvalue weighted by molar-refractivity contribution is 0.0386. The average Bonchev–Trinajstić information content (AvgIpc) is 2.96. The van der Waals surface area contributed by atoms with Crippen LogP contribution in [0.4, 0.5) is 0 Å². The van der Waals surface area contributed by atoms with Gasteiger partial charge in [0, 0.05) is 30.9 Å². The van der Waals surface area contributed by atoms with E-state index in [4.69, 9.17) is 27.9 Å². The number of carbonyl (C=O) groups excluding carboxylic acids is 1. The lowest BCUT2D eigenvalue weighted by atomic mass is 10.0. The van der Waals surface area contributed by atoms with Crippen molar-refractivity contribution in [3.8, 4) is 5.69 Å². The molecule has 3 rings (SSSR count). The molecule has 1 saturated heterocycles. The molecule has 0 radical (unpaired) electrons. The molecule has 1 aliphatic rings. The first-order valence-electron chi connectivity index (χ1n) is 8.31. The number of aromatic nitrogens is 2. The van der Waals surface area contributed by atoms with Gasteiger partial charge in [-0.15, -0.1) is 0 Å². The standard InChI is InChI=1S/C18H21Cl2N3O2/c1-12-8-16(18(24)22(2)10-13-4-3-7-25-11-13)21-23(12)17-6-5-14(19)9-15(17)20/h5-6,8-9,13H,3-4,7,10-11H2,1-2H3. The number of nitrogens with zero attached hydrogens (tertiary/aromatic N) is 3. The third-order valence-electron chi connectivity index (χ3n) is 4.38. The van der Waals surface area contributed by atoms with Crippen LogP contribution in [0.3, 0.4) is 0 Å². The van der Waals surface area contributed by atoms with E-state index in [1.54, 1.807) is 40.9 Å². The smallest absolute Gasteiger partial charge is 0.274 e. The topological polar surface area (TPSA) is 47.4 Å². The number of aryl methyl sites for hydroxylation is 1. The lowest BCUT2D eigenvalue weighted by Crippen LogP contribution is -2.35. The number of rotatable bonds is 4. The molecule has 7 heteroatoms. The van der Waals surface area contributed by atoms with Crippen molar-refractivity contribution in [1.29, 1.82) is 0 Å². The van der Waals surface area contributed by atoms with Gasteiger partial charge in [-0.3, -0.25) is 4.79 Å². The van der Waals surface area contributed by atoms with Crippen molar-refractivity contribution in [2.24, 2.45) is 5.92 Å². The predicted octanol–water partition coefficient (Wildman–Crippen LogP) is 3.99. The first-order valence-corrected chi connectivity index (χ1v) is 9.06. The maximum Gasteiger partial charge on any atom is 0.274 e. The largest absolute Gasteiger partial charge is 0.381 e. The summed E-state index contributed by atoms with van der Waals surface area (Å²) in [6.45, 7) is 4.10. The molecule has 1 fully saturated rings. The number of ether oxygens (including phenoxy) is 1. The van der Waals surface area contributed by atoms with E-state index in [-0.39, 0.29) is 5.91 Å². The van der Waals surface area contributed by atoms with Crippen LogP contribution in [-0.4, -0.2) is 47.4 Å². The number of amides is 1. The number of halogens is 2. The summed E-state index contributed by atoms with van der Waals surface area (Å²) >= 11 is 12.2. The second kappa shape index (κ2) is 7.77. The van der Waals surface area contributed by atoms with Gasteiger partial charge in [-0.25, -0.2) is 4.68 Å². The van der Waals surface area contributed by atoms with Gasteiger partial charge in [0.25, 0.3) is 5.91 Å². The molecule has 1 aliphatic heterocycles. The third kappa shape index (κ3) is 4.17. The van der Waals surface area contributed by atoms with E-state index in [9.17, 15) is 4.79 Å². The molecule has 0 saturated carbocycles. The van der Waals surface area contributed by atoms with E-state index < -0.39 is 0 Å². The van der Waals surface area contributed by atoms with Gasteiger partial charge in [0.15, 0.2) is 5.69 Å². The summed E-state index contributed by atoms with van der Waals surface area (Å²) in [6.07, 6.45) is 2.14. The van der Waals surface area contributed by atoms with E-state index in [1.165, 1.54) is 0 Å². The average molecular weight is 382 g/mol. The summed E-state index contributed by atoms with van der Waals surface area (Å²) in [6, 6.07) is 6.99. The molecule has 134 valence electrons. The molecule has 1 aromatic heterocycles. The maximum atomic E-state index is 12.7. The minimum atomic E-state index is -0.0995. The monoisotopic (exact) mass is 381 g/mol. The van der Waals surface area contributed by atoms with Crippen molar-refractivity contribution in [1.82, 2.24) is 14.7 Å². The van der Waals surface area contributed by atoms with Crippen LogP contribution in [0.15, 0.2) is 24.3 Å². The molecule has 1 unspecified atom stereocenters. The quantitative estimate of drug-likeness (QED) is 0.804. The third-order valence-corrected chi connectivity index (χ3v) is 4.92. The maximum absolute atomic E-state index is 12.7. The van der Waals surface area contributed by atoms with E-state index in [0.29, 0.717) is 40.5 Å². The predicted molar refractivity (Wildman–Crippen MR) is 98.8 cm³/mol. The summed E-state index contributed by atoms with van der Waals surface area (Å²) < 4.78 is 7.16. The Kier molecular flexibility index (Phi) is 5.67. The van der Waals surface area contributed by atoms with Gasteiger partial charge < -0.3 is 9.64 Å². The highest BCUT2D eigenvalue weighted by atomic mass is 35.5. The summed E-state index contributed by atoms with van der Waals surface area (Å²) in [5, 5.41) is 5.50. The fraction of sp³-hybridized carbons (Fsp3) is 0.444. The van der Waals surface area contributed by atoms with Gasteiger partial charge >= 0.3 is 0 Å². The Morgan fingerprint density at radius 1 is 1.40 bits per heavy atom. The molecule has 0 N–H and O–H groups in total. The molecule has 2 heterocycles. The Hall–Kier alpha value is -1.56. The van der Waals surface area contributed by atoms with E-state index in [0.717, 1.165) is 25.1 Å². The summed E-state index contributed by atoms with van der Waals surface area (Å²) in [7, 11) is 1.81. The van der Waals surface area contributed by atoms with Crippen LogP contribution in [0.25, 0.3) is 5.69 Å². The first-order chi connectivity index (χ1) is 12.0. The summed E-state index contributed by atoms with van der Waals surface area (Å²) in [5.41, 5.74) is 1.94. The van der Waals surface area contributed by atoms with Crippen LogP contribution in [0.1, 0.15) is 29.0 Å². The minimum absolute atomic E-state index is 0.0995. The molecule has 5 nitrogen and oxygen atoms in total. The molecule has 2 aromatic rings. The minimum Gasteiger partial charge on any atom is -0.381 e. The normalized spacial score (nSPS) is 17.5. The van der Waals surface area contributed by atoms with Crippen molar-refractivity contribution in [2.75, 3.05) is 26.8 Å². The number of hydrogen-bond acceptors (Lipinski definition) is 3. The SMILES string of the molecule is Cc1cc(C(=O)N(C)CC2CCCOC2)nn1-c1ccc(Cl)cc1Cl. The van der Waals surface area contributed by atoms with E-state index in [1.807, 2.05) is 6.92 Å². The number of carbonyl (C=O) groups is 1. The molecular formula is C18H21Cl2N3O2. The Labute approximate surface area is 157 Å². The number of benzene rings is 1. The van der Waals surface area contributed by atoms with Crippen molar-refractivity contribution < 1.29 is 9.53 Å². The Morgan fingerprint density at radius 2 is 2.20 bits per heavy atom. The highest BCUT2D eigenvalue weighted by Crippen LogP contribution is 2.25. The fourth-order valence-electron chi connectivity index (χ4n) is 3.09. The summed E-state index contributed by atoms with van der Waals surface area (Å²) in [4.78, 5) is 14.4. The van der Waals surface area contributed by atoms with Crippen LogP contribution in [0.2, 0.25) is 10.0 Å². The molecular weight excluding hydrogens is 361 g/mol. The summed E-state index contributed by atoms with van der Waals surface area (Å²) in [5.74, 6) is 0.286. The lowest BCUT2D eigenvalue weighted by Gasteiger charge is -2.26. The van der Waals surface area contributed by atoms with E-state index >= 15 is 0 Å². The van der Waals surface area contributed by atoms with Gasteiger partial charge in [-0.05, 0) is 49.9 Å². The second-order valence-corrected chi connectivity index (χ2v) is 7.29. The molecule has 1 amide bonds. The zero-order valence-electron chi connectivity index (χ0n) is 14.3. The van der Waals surface area contributed by atoms with Crippen LogP contribution < -0.4 is 0 Å². The first kappa shape index (κ1) is 18.2. The zero-order valence-corrected chi connectivity index (χ0v) is 15.8. The molecule has 0 bridgehead atoms. The zero-order chi connectivity index (χ0) is 18.0. The van der Waals surface area contributed by atoms with Gasteiger partial charge in [0.2, 0.25) is 0 Å². The highest BCUT2D eigenvalue weighted by Gasteiger charge is 2.22. The van der Waals surface area contributed by atoms with Crippen molar-refractivity contribution in [2.45, 2.75) is 19.8 Å². The molecule has 1 atom stereocenters. The Balaban J connectivity index is 1.77. The molecule has 0 aliphatic carbocycles. The van der Waals surface area contributed by atoms with Crippen LogP contribution in [0.5, 0.6) is 0 Å². The second-order valence-electron chi connectivity index (χ2n) is 6.45. The fourth-order valence-corrected chi connectivity index (χ4v) is 3.58. The molecule has 0 spiro atoms. The highest BCUT2D eigenvalue weighted by molar-refractivity contribution is 6.35. The van der Waals surface area contributed by atoms with Gasteiger partial charge in [-0.2, -0.15) is 5.10 Å². The molecule has 25 heavy (non-hydrogen) atoms. The van der Waals surface area contributed by atoms with Gasteiger partial charge in [0.1, 0.15) is 0 Å². The number of hydrogen-bond donors (Lipinski definition) is 0.